The maximum atomic E-state index is 5.56. The summed E-state index contributed by atoms with van der Waals surface area (Å²) < 4.78 is 0. The van der Waals surface area contributed by atoms with Crippen LogP contribution in [0, 0.1) is 6.92 Å². The van der Waals surface area contributed by atoms with Crippen LogP contribution in [0.25, 0.3) is 0 Å². The zero-order chi connectivity index (χ0) is 8.55. The van der Waals surface area contributed by atoms with Crippen molar-refractivity contribution in [1.29, 1.82) is 0 Å². The van der Waals surface area contributed by atoms with Gasteiger partial charge in [0.2, 0.25) is 0 Å². The van der Waals surface area contributed by atoms with Gasteiger partial charge in [0.15, 0.2) is 0 Å². The number of aryl methyl sites for hydroxylation is 1. The quantitative estimate of drug-likeness (QED) is 0.729. The standard InChI is InChI=1S/C9H14N2S/c1-6-7(2-3-10)8-4-12-5-9(8)11-6/h11H,2-5,10H2,1H3. The molecule has 12 heavy (non-hydrogen) atoms. The molecule has 0 unspecified atom stereocenters. The lowest BCUT2D eigenvalue weighted by molar-refractivity contribution is 0.948. The van der Waals surface area contributed by atoms with Gasteiger partial charge in [-0.2, -0.15) is 11.8 Å². The van der Waals surface area contributed by atoms with Crippen molar-refractivity contribution >= 4 is 11.8 Å². The van der Waals surface area contributed by atoms with Crippen molar-refractivity contribution in [3.8, 4) is 0 Å². The highest BCUT2D eigenvalue weighted by Gasteiger charge is 2.18. The highest BCUT2D eigenvalue weighted by Crippen LogP contribution is 2.33. The zero-order valence-electron chi connectivity index (χ0n) is 7.31. The number of rotatable bonds is 2. The van der Waals surface area contributed by atoms with Gasteiger partial charge in [-0.1, -0.05) is 0 Å². The van der Waals surface area contributed by atoms with Crippen molar-refractivity contribution < 1.29 is 0 Å². The monoisotopic (exact) mass is 182 g/mol. The summed E-state index contributed by atoms with van der Waals surface area (Å²) in [6.07, 6.45) is 1.03. The molecule has 0 radical (unpaired) electrons. The number of fused-ring (bicyclic) bond motifs is 1. The third kappa shape index (κ3) is 1.17. The summed E-state index contributed by atoms with van der Waals surface area (Å²) in [5.74, 6) is 2.33. The van der Waals surface area contributed by atoms with Crippen LogP contribution in [0.2, 0.25) is 0 Å². The van der Waals surface area contributed by atoms with Gasteiger partial charge in [0.1, 0.15) is 0 Å². The number of nitrogens with one attached hydrogen (secondary N) is 1. The Balaban J connectivity index is 2.38. The molecule has 0 spiro atoms. The van der Waals surface area contributed by atoms with E-state index in [9.17, 15) is 0 Å². The van der Waals surface area contributed by atoms with E-state index in [0.717, 1.165) is 18.7 Å². The van der Waals surface area contributed by atoms with Crippen LogP contribution in [0.4, 0.5) is 0 Å². The Bertz CT molecular complexity index is 291. The first-order valence-corrected chi connectivity index (χ1v) is 5.45. The van der Waals surface area contributed by atoms with Gasteiger partial charge in [-0.05, 0) is 31.0 Å². The molecule has 0 bridgehead atoms. The molecule has 2 nitrogen and oxygen atoms in total. The smallest absolute Gasteiger partial charge is 0.0342 e. The zero-order valence-corrected chi connectivity index (χ0v) is 8.13. The molecule has 66 valence electrons. The van der Waals surface area contributed by atoms with Crippen LogP contribution in [-0.4, -0.2) is 11.5 Å². The molecular weight excluding hydrogens is 168 g/mol. The minimum absolute atomic E-state index is 0.760. The lowest BCUT2D eigenvalue weighted by Crippen LogP contribution is -2.04. The Kier molecular flexibility index (Phi) is 2.15. The highest BCUT2D eigenvalue weighted by atomic mass is 32.2. The van der Waals surface area contributed by atoms with E-state index >= 15 is 0 Å². The Hall–Kier alpha value is -0.410. The van der Waals surface area contributed by atoms with Gasteiger partial charge in [-0.15, -0.1) is 0 Å². The maximum Gasteiger partial charge on any atom is 0.0342 e. The molecule has 3 N–H and O–H groups in total. The predicted octanol–water partition coefficient (Wildman–Crippen LogP) is 1.57. The average Bonchev–Trinajstić information content (AvgIpc) is 2.56. The fraction of sp³-hybridized carbons (Fsp3) is 0.556. The maximum absolute atomic E-state index is 5.56. The first-order valence-electron chi connectivity index (χ1n) is 4.30. The van der Waals surface area contributed by atoms with E-state index in [0.29, 0.717) is 0 Å². The minimum Gasteiger partial charge on any atom is -0.361 e. The lowest BCUT2D eigenvalue weighted by Gasteiger charge is -1.99. The number of aromatic nitrogens is 1. The molecule has 2 rings (SSSR count). The molecule has 0 saturated heterocycles. The Morgan fingerprint density at radius 1 is 1.50 bits per heavy atom. The van der Waals surface area contributed by atoms with Gasteiger partial charge in [0.25, 0.3) is 0 Å². The van der Waals surface area contributed by atoms with Crippen molar-refractivity contribution in [1.82, 2.24) is 4.98 Å². The highest BCUT2D eigenvalue weighted by molar-refractivity contribution is 7.98. The molecule has 1 aromatic rings. The second kappa shape index (κ2) is 3.15. The average molecular weight is 182 g/mol. The molecule has 0 amide bonds. The van der Waals surface area contributed by atoms with E-state index in [1.54, 1.807) is 0 Å². The Labute approximate surface area is 76.9 Å². The van der Waals surface area contributed by atoms with E-state index in [1.807, 2.05) is 11.8 Å². The van der Waals surface area contributed by atoms with Crippen LogP contribution < -0.4 is 5.73 Å². The largest absolute Gasteiger partial charge is 0.361 e. The molecule has 0 atom stereocenters. The van der Waals surface area contributed by atoms with Crippen molar-refractivity contribution in [2.75, 3.05) is 6.54 Å². The molecule has 1 aromatic heterocycles. The van der Waals surface area contributed by atoms with Crippen molar-refractivity contribution in [2.45, 2.75) is 24.9 Å². The molecule has 0 aromatic carbocycles. The summed E-state index contributed by atoms with van der Waals surface area (Å²) in [5, 5.41) is 0. The van der Waals surface area contributed by atoms with Gasteiger partial charge >= 0.3 is 0 Å². The number of aromatic amines is 1. The van der Waals surface area contributed by atoms with Gasteiger partial charge < -0.3 is 10.7 Å². The van der Waals surface area contributed by atoms with Crippen LogP contribution in [-0.2, 0) is 17.9 Å². The van der Waals surface area contributed by atoms with Crippen LogP contribution in [0.1, 0.15) is 22.5 Å². The number of thioether (sulfide) groups is 1. The van der Waals surface area contributed by atoms with Gasteiger partial charge in [-0.25, -0.2) is 0 Å². The fourth-order valence-electron chi connectivity index (χ4n) is 1.82. The van der Waals surface area contributed by atoms with E-state index in [1.165, 1.54) is 28.3 Å². The van der Waals surface area contributed by atoms with Crippen molar-refractivity contribution in [3.63, 3.8) is 0 Å². The van der Waals surface area contributed by atoms with Gasteiger partial charge in [-0.3, -0.25) is 0 Å². The molecule has 0 saturated carbocycles. The molecule has 3 heteroatoms. The van der Waals surface area contributed by atoms with Crippen LogP contribution in [0.15, 0.2) is 0 Å². The molecule has 1 aliphatic rings. The Morgan fingerprint density at radius 2 is 2.33 bits per heavy atom. The van der Waals surface area contributed by atoms with Crippen molar-refractivity contribution in [3.05, 3.63) is 22.5 Å². The topological polar surface area (TPSA) is 41.8 Å². The van der Waals surface area contributed by atoms with Crippen LogP contribution >= 0.6 is 11.8 Å². The summed E-state index contributed by atoms with van der Waals surface area (Å²) in [4.78, 5) is 3.43. The third-order valence-corrected chi connectivity index (χ3v) is 3.39. The number of H-pyrrole nitrogens is 1. The Morgan fingerprint density at radius 3 is 3.08 bits per heavy atom. The summed E-state index contributed by atoms with van der Waals surface area (Å²) in [7, 11) is 0. The van der Waals surface area contributed by atoms with E-state index < -0.39 is 0 Å². The molecule has 2 heterocycles. The van der Waals surface area contributed by atoms with Gasteiger partial charge in [0, 0.05) is 22.9 Å². The van der Waals surface area contributed by atoms with Crippen LogP contribution in [0.5, 0.6) is 0 Å². The first kappa shape index (κ1) is 8.20. The predicted molar refractivity (Wildman–Crippen MR) is 53.3 cm³/mol. The van der Waals surface area contributed by atoms with E-state index in [2.05, 4.69) is 11.9 Å². The van der Waals surface area contributed by atoms with E-state index in [4.69, 9.17) is 5.73 Å². The van der Waals surface area contributed by atoms with E-state index in [-0.39, 0.29) is 0 Å². The summed E-state index contributed by atoms with van der Waals surface area (Å²) >= 11 is 1.99. The summed E-state index contributed by atoms with van der Waals surface area (Å²) in [6.45, 7) is 2.91. The second-order valence-electron chi connectivity index (χ2n) is 3.22. The first-order chi connectivity index (χ1) is 5.83. The summed E-state index contributed by atoms with van der Waals surface area (Å²) in [6, 6.07) is 0. The second-order valence-corrected chi connectivity index (χ2v) is 4.20. The summed E-state index contributed by atoms with van der Waals surface area (Å²) in [5.41, 5.74) is 11.3. The fourth-order valence-corrected chi connectivity index (χ4v) is 2.93. The van der Waals surface area contributed by atoms with Crippen LogP contribution in [0.3, 0.4) is 0 Å². The molecule has 1 aliphatic heterocycles. The molecular formula is C9H14N2S. The van der Waals surface area contributed by atoms with Gasteiger partial charge in [0.05, 0.1) is 0 Å². The minimum atomic E-state index is 0.760. The third-order valence-electron chi connectivity index (χ3n) is 2.41. The van der Waals surface area contributed by atoms with Crippen molar-refractivity contribution in [2.24, 2.45) is 5.73 Å². The number of hydrogen-bond acceptors (Lipinski definition) is 2. The lowest BCUT2D eigenvalue weighted by atomic mass is 10.1. The SMILES string of the molecule is Cc1[nH]c2c(c1CCN)CSC2. The molecule has 0 fully saturated rings. The normalized spacial score (nSPS) is 15.2. The number of hydrogen-bond donors (Lipinski definition) is 2. The molecule has 0 aliphatic carbocycles. The number of nitrogens with two attached hydrogens (primary N) is 1.